The Morgan fingerprint density at radius 3 is 2.73 bits per heavy atom. The molecule has 1 aliphatic rings. The van der Waals surface area contributed by atoms with Crippen molar-refractivity contribution in [2.24, 2.45) is 0 Å². The van der Waals surface area contributed by atoms with Crippen LogP contribution < -0.4 is 10.1 Å². The number of allylic oxidation sites excluding steroid dienone is 1. The second kappa shape index (κ2) is 8.91. The number of hydrogen-bond acceptors (Lipinski definition) is 6. The van der Waals surface area contributed by atoms with Crippen molar-refractivity contribution >= 4 is 22.9 Å². The second-order valence-corrected chi connectivity index (χ2v) is 8.58. The van der Waals surface area contributed by atoms with Crippen molar-refractivity contribution in [2.45, 2.75) is 19.5 Å². The van der Waals surface area contributed by atoms with E-state index in [0.29, 0.717) is 18.3 Å². The van der Waals surface area contributed by atoms with Crippen LogP contribution in [-0.2, 0) is 6.54 Å². The molecular formula is C25H22N4O3S. The Hall–Kier alpha value is -3.91. The molecule has 8 heteroatoms. The molecule has 4 aromatic rings. The minimum Gasteiger partial charge on any atom is -0.497 e. The van der Waals surface area contributed by atoms with Gasteiger partial charge in [-0.05, 0) is 41.6 Å². The molecule has 0 fully saturated rings. The zero-order valence-corrected chi connectivity index (χ0v) is 19.0. The molecule has 2 aromatic carbocycles. The van der Waals surface area contributed by atoms with Gasteiger partial charge in [0.25, 0.3) is 5.89 Å². The lowest BCUT2D eigenvalue weighted by atomic mass is 9.94. The molecule has 2 aromatic heterocycles. The van der Waals surface area contributed by atoms with Gasteiger partial charge in [-0.2, -0.15) is 4.98 Å². The van der Waals surface area contributed by atoms with Gasteiger partial charge in [-0.1, -0.05) is 53.7 Å². The molecule has 0 saturated heterocycles. The number of amides is 2. The van der Waals surface area contributed by atoms with Gasteiger partial charge in [0.1, 0.15) is 5.75 Å². The molecule has 0 saturated carbocycles. The number of carbonyl (C=O) groups excluding carboxylic acids is 1. The van der Waals surface area contributed by atoms with Crippen molar-refractivity contribution < 1.29 is 14.1 Å². The molecule has 7 nitrogen and oxygen atoms in total. The van der Waals surface area contributed by atoms with Crippen LogP contribution in [-0.4, -0.2) is 28.2 Å². The van der Waals surface area contributed by atoms with Crippen LogP contribution in [0.15, 0.2) is 82.3 Å². The van der Waals surface area contributed by atoms with Crippen LogP contribution in [0.3, 0.4) is 0 Å². The average molecular weight is 459 g/mol. The molecule has 33 heavy (non-hydrogen) atoms. The highest BCUT2D eigenvalue weighted by Gasteiger charge is 2.35. The van der Waals surface area contributed by atoms with E-state index in [1.54, 1.807) is 23.3 Å². The maximum absolute atomic E-state index is 13.2. The van der Waals surface area contributed by atoms with Crippen LogP contribution in [0, 0.1) is 0 Å². The van der Waals surface area contributed by atoms with Crippen LogP contribution in [0.1, 0.15) is 30.0 Å². The molecular weight excluding hydrogens is 436 g/mol. The maximum Gasteiger partial charge on any atom is 0.322 e. The zero-order chi connectivity index (χ0) is 22.8. The third kappa shape index (κ3) is 4.12. The number of thiophene rings is 1. The molecule has 1 aliphatic heterocycles. The van der Waals surface area contributed by atoms with E-state index >= 15 is 0 Å². The Morgan fingerprint density at radius 1 is 1.12 bits per heavy atom. The van der Waals surface area contributed by atoms with E-state index in [4.69, 9.17) is 9.26 Å². The molecule has 1 atom stereocenters. The van der Waals surface area contributed by atoms with E-state index in [1.165, 1.54) is 0 Å². The van der Waals surface area contributed by atoms with E-state index in [-0.39, 0.29) is 6.03 Å². The van der Waals surface area contributed by atoms with Gasteiger partial charge in [-0.3, -0.25) is 4.90 Å². The van der Waals surface area contributed by atoms with Gasteiger partial charge in [0, 0.05) is 5.70 Å². The Balaban J connectivity index is 1.58. The number of ether oxygens (including phenoxy) is 1. The normalized spacial score (nSPS) is 16.1. The Kier molecular flexibility index (Phi) is 5.66. The number of rotatable bonds is 6. The van der Waals surface area contributed by atoms with Crippen LogP contribution >= 0.6 is 11.3 Å². The van der Waals surface area contributed by atoms with Crippen LogP contribution in [0.4, 0.5) is 4.79 Å². The molecule has 2 amide bonds. The first-order valence-corrected chi connectivity index (χ1v) is 11.4. The standard InChI is InChI=1S/C25H22N4O3S/c1-16-21(24-27-23(28-32-24)20-12-7-13-33-20)22(18-9-4-3-5-10-18)26-25(30)29(16)15-17-8-6-11-19(14-17)31-2/h3-14,22H,15H2,1-2H3,(H,26,30). The average Bonchev–Trinajstić information content (AvgIpc) is 3.54. The number of nitrogens with one attached hydrogen (secondary N) is 1. The molecule has 0 bridgehead atoms. The molecule has 166 valence electrons. The lowest BCUT2D eigenvalue weighted by Gasteiger charge is -2.35. The van der Waals surface area contributed by atoms with Gasteiger partial charge in [-0.25, -0.2) is 4.79 Å². The first kappa shape index (κ1) is 21.0. The SMILES string of the molecule is COc1cccc(CN2C(=O)NC(c3ccccc3)C(c3nc(-c4cccs4)no3)=C2C)c1. The topological polar surface area (TPSA) is 80.5 Å². The van der Waals surface area contributed by atoms with E-state index < -0.39 is 6.04 Å². The predicted molar refractivity (Wildman–Crippen MR) is 126 cm³/mol. The number of nitrogens with zero attached hydrogens (tertiary/aromatic N) is 3. The third-order valence-electron chi connectivity index (χ3n) is 5.60. The predicted octanol–water partition coefficient (Wildman–Crippen LogP) is 5.50. The summed E-state index contributed by atoms with van der Waals surface area (Å²) in [4.78, 5) is 20.5. The molecule has 0 spiro atoms. The summed E-state index contributed by atoms with van der Waals surface area (Å²) in [5.41, 5.74) is 3.43. The van der Waals surface area contributed by atoms with Crippen molar-refractivity contribution in [1.29, 1.82) is 0 Å². The fourth-order valence-corrected chi connectivity index (χ4v) is 4.59. The van der Waals surface area contributed by atoms with Gasteiger partial charge in [0.2, 0.25) is 5.82 Å². The highest BCUT2D eigenvalue weighted by Crippen LogP contribution is 2.38. The number of urea groups is 1. The van der Waals surface area contributed by atoms with Crippen LogP contribution in [0.5, 0.6) is 5.75 Å². The van der Waals surface area contributed by atoms with Crippen molar-refractivity contribution in [3.63, 3.8) is 0 Å². The van der Waals surface area contributed by atoms with E-state index in [0.717, 1.165) is 33.0 Å². The summed E-state index contributed by atoms with van der Waals surface area (Å²) < 4.78 is 11.0. The fourth-order valence-electron chi connectivity index (χ4n) is 3.94. The third-order valence-corrected chi connectivity index (χ3v) is 6.47. The summed E-state index contributed by atoms with van der Waals surface area (Å²) in [5.74, 6) is 1.66. The summed E-state index contributed by atoms with van der Waals surface area (Å²) in [6, 6.07) is 20.8. The highest BCUT2D eigenvalue weighted by molar-refractivity contribution is 7.13. The van der Waals surface area contributed by atoms with E-state index in [9.17, 15) is 4.79 Å². The lowest BCUT2D eigenvalue weighted by Crippen LogP contribution is -2.45. The van der Waals surface area contributed by atoms with Gasteiger partial charge in [0.05, 0.1) is 30.1 Å². The minimum atomic E-state index is -0.406. The molecule has 0 aliphatic carbocycles. The molecule has 3 heterocycles. The highest BCUT2D eigenvalue weighted by atomic mass is 32.1. The minimum absolute atomic E-state index is 0.189. The maximum atomic E-state index is 13.2. The molecule has 0 radical (unpaired) electrons. The number of aromatic nitrogens is 2. The van der Waals surface area contributed by atoms with E-state index in [2.05, 4.69) is 15.5 Å². The van der Waals surface area contributed by atoms with Crippen molar-refractivity contribution in [3.05, 3.63) is 94.8 Å². The van der Waals surface area contributed by atoms with Gasteiger partial charge in [-0.15, -0.1) is 11.3 Å². The largest absolute Gasteiger partial charge is 0.497 e. The Labute approximate surface area is 195 Å². The van der Waals surface area contributed by atoms with Crippen molar-refractivity contribution in [2.75, 3.05) is 7.11 Å². The summed E-state index contributed by atoms with van der Waals surface area (Å²) in [7, 11) is 1.63. The van der Waals surface area contributed by atoms with Crippen molar-refractivity contribution in [1.82, 2.24) is 20.4 Å². The monoisotopic (exact) mass is 458 g/mol. The molecule has 1 unspecified atom stereocenters. The summed E-state index contributed by atoms with van der Waals surface area (Å²) in [5, 5.41) is 9.29. The number of benzene rings is 2. The van der Waals surface area contributed by atoms with Gasteiger partial charge >= 0.3 is 6.03 Å². The second-order valence-electron chi connectivity index (χ2n) is 7.63. The first-order valence-electron chi connectivity index (χ1n) is 10.5. The van der Waals surface area contributed by atoms with Crippen molar-refractivity contribution in [3.8, 4) is 16.5 Å². The smallest absolute Gasteiger partial charge is 0.322 e. The Morgan fingerprint density at radius 2 is 1.97 bits per heavy atom. The lowest BCUT2D eigenvalue weighted by molar-refractivity contribution is 0.203. The van der Waals surface area contributed by atoms with Crippen LogP contribution in [0.2, 0.25) is 0 Å². The number of methoxy groups -OCH3 is 1. The summed E-state index contributed by atoms with van der Waals surface area (Å²) in [6.07, 6.45) is 0. The quantitative estimate of drug-likeness (QED) is 0.412. The van der Waals surface area contributed by atoms with Gasteiger partial charge in [0.15, 0.2) is 0 Å². The van der Waals surface area contributed by atoms with Crippen LogP contribution in [0.25, 0.3) is 16.3 Å². The Bertz CT molecular complexity index is 1300. The summed E-state index contributed by atoms with van der Waals surface area (Å²) in [6.45, 7) is 2.30. The molecule has 5 rings (SSSR count). The number of hydrogen-bond donors (Lipinski definition) is 1. The van der Waals surface area contributed by atoms with Gasteiger partial charge < -0.3 is 14.6 Å². The number of carbonyl (C=O) groups is 1. The van der Waals surface area contributed by atoms with E-state index in [1.807, 2.05) is 79.0 Å². The molecule has 1 N–H and O–H groups in total. The first-order chi connectivity index (χ1) is 16.1. The summed E-state index contributed by atoms with van der Waals surface area (Å²) >= 11 is 1.55. The fraction of sp³-hybridized carbons (Fsp3) is 0.160. The zero-order valence-electron chi connectivity index (χ0n) is 18.2.